The number of amides is 2. The normalized spacial score (nSPS) is 22.4. The van der Waals surface area contributed by atoms with E-state index in [0.29, 0.717) is 18.6 Å². The molecule has 21 heavy (non-hydrogen) atoms. The van der Waals surface area contributed by atoms with E-state index in [1.165, 1.54) is 5.01 Å². The Balaban J connectivity index is 1.81. The molecule has 1 saturated heterocycles. The summed E-state index contributed by atoms with van der Waals surface area (Å²) in [5, 5.41) is 5.40. The van der Waals surface area contributed by atoms with E-state index < -0.39 is 0 Å². The molecule has 3 rings (SSSR count). The first-order valence-corrected chi connectivity index (χ1v) is 7.22. The molecule has 2 amide bonds. The first-order chi connectivity index (χ1) is 10.2. The van der Waals surface area contributed by atoms with E-state index in [1.54, 1.807) is 19.4 Å². The molecule has 3 heterocycles. The van der Waals surface area contributed by atoms with E-state index in [9.17, 15) is 9.59 Å². The minimum atomic E-state index is -0.0475. The third kappa shape index (κ3) is 2.66. The van der Waals surface area contributed by atoms with Gasteiger partial charge >= 0.3 is 0 Å². The number of pyridine rings is 1. The Labute approximate surface area is 123 Å². The summed E-state index contributed by atoms with van der Waals surface area (Å²) in [6.45, 7) is 0.739. The lowest BCUT2D eigenvalue weighted by molar-refractivity contribution is -0.130. The van der Waals surface area contributed by atoms with Crippen molar-refractivity contribution in [3.8, 4) is 0 Å². The Kier molecular flexibility index (Phi) is 3.68. The highest BCUT2D eigenvalue weighted by Gasteiger charge is 2.33. The lowest BCUT2D eigenvalue weighted by Gasteiger charge is -2.27. The van der Waals surface area contributed by atoms with Crippen molar-refractivity contribution in [1.82, 2.24) is 14.9 Å². The molecule has 0 N–H and O–H groups in total. The number of likely N-dealkylation sites (tertiary alicyclic amines) is 1. The molecule has 6 heteroatoms. The molecule has 0 aromatic carbocycles. The Morgan fingerprint density at radius 2 is 2.05 bits per heavy atom. The molecule has 0 aliphatic carbocycles. The van der Waals surface area contributed by atoms with Gasteiger partial charge in [0, 0.05) is 38.8 Å². The number of aromatic nitrogens is 1. The van der Waals surface area contributed by atoms with Gasteiger partial charge in [-0.2, -0.15) is 5.10 Å². The minimum Gasteiger partial charge on any atom is -0.330 e. The van der Waals surface area contributed by atoms with Crippen molar-refractivity contribution in [2.45, 2.75) is 31.7 Å². The van der Waals surface area contributed by atoms with Crippen molar-refractivity contribution < 1.29 is 9.59 Å². The predicted molar refractivity (Wildman–Crippen MR) is 77.4 cm³/mol. The van der Waals surface area contributed by atoms with Crippen LogP contribution in [0.4, 0.5) is 0 Å². The van der Waals surface area contributed by atoms with Gasteiger partial charge in [0.15, 0.2) is 0 Å². The first-order valence-electron chi connectivity index (χ1n) is 7.22. The third-order valence-corrected chi connectivity index (χ3v) is 4.06. The fourth-order valence-corrected chi connectivity index (χ4v) is 2.93. The maximum Gasteiger partial charge on any atom is 0.270 e. The number of carbonyl (C=O) groups is 2. The van der Waals surface area contributed by atoms with E-state index in [-0.39, 0.29) is 17.9 Å². The van der Waals surface area contributed by atoms with Gasteiger partial charge in [0.25, 0.3) is 5.91 Å². The zero-order valence-electron chi connectivity index (χ0n) is 12.0. The Morgan fingerprint density at radius 3 is 2.76 bits per heavy atom. The number of nitrogens with zero attached hydrogens (tertiary/aromatic N) is 4. The monoisotopic (exact) mass is 286 g/mol. The zero-order valence-corrected chi connectivity index (χ0v) is 12.0. The van der Waals surface area contributed by atoms with E-state index >= 15 is 0 Å². The summed E-state index contributed by atoms with van der Waals surface area (Å²) in [4.78, 5) is 30.0. The average Bonchev–Trinajstić information content (AvgIpc) is 2.99. The SMILES string of the molecule is CN1N=C(C(=O)N2CCC[C@H]2c2ccncc2)CCC1=O. The quantitative estimate of drug-likeness (QED) is 0.824. The molecule has 2 aliphatic heterocycles. The van der Waals surface area contributed by atoms with Crippen LogP contribution in [-0.2, 0) is 9.59 Å². The molecule has 2 aliphatic rings. The fraction of sp³-hybridized carbons (Fsp3) is 0.467. The van der Waals surface area contributed by atoms with Crippen LogP contribution in [0.3, 0.4) is 0 Å². The second kappa shape index (κ2) is 5.63. The summed E-state index contributed by atoms with van der Waals surface area (Å²) in [5.74, 6) is -0.0904. The van der Waals surface area contributed by atoms with E-state index in [2.05, 4.69) is 10.1 Å². The van der Waals surface area contributed by atoms with Crippen molar-refractivity contribution in [2.75, 3.05) is 13.6 Å². The maximum absolute atomic E-state index is 12.7. The molecule has 0 saturated carbocycles. The topological polar surface area (TPSA) is 65.9 Å². The molecule has 0 spiro atoms. The van der Waals surface area contributed by atoms with Gasteiger partial charge in [0.1, 0.15) is 5.71 Å². The van der Waals surface area contributed by atoms with Crippen LogP contribution in [0.15, 0.2) is 29.6 Å². The highest BCUT2D eigenvalue weighted by atomic mass is 16.2. The smallest absolute Gasteiger partial charge is 0.270 e. The number of carbonyl (C=O) groups excluding carboxylic acids is 2. The van der Waals surface area contributed by atoms with Crippen LogP contribution >= 0.6 is 0 Å². The molecule has 1 aromatic heterocycles. The summed E-state index contributed by atoms with van der Waals surface area (Å²) in [7, 11) is 1.60. The van der Waals surface area contributed by atoms with Crippen LogP contribution in [0, 0.1) is 0 Å². The Hall–Kier alpha value is -2.24. The van der Waals surface area contributed by atoms with Crippen LogP contribution in [-0.4, -0.2) is 46.0 Å². The highest BCUT2D eigenvalue weighted by molar-refractivity contribution is 6.39. The molecule has 1 fully saturated rings. The Morgan fingerprint density at radius 1 is 1.29 bits per heavy atom. The standard InChI is InChI=1S/C15H18N4O2/c1-18-14(20)5-4-12(17-18)15(21)19-10-2-3-13(19)11-6-8-16-9-7-11/h6-9,13H,2-5,10H2,1H3/t13-/m0/s1. The van der Waals surface area contributed by atoms with Crippen molar-refractivity contribution in [1.29, 1.82) is 0 Å². The molecule has 0 radical (unpaired) electrons. The summed E-state index contributed by atoms with van der Waals surface area (Å²) < 4.78 is 0. The lowest BCUT2D eigenvalue weighted by atomic mass is 10.1. The summed E-state index contributed by atoms with van der Waals surface area (Å²) >= 11 is 0. The van der Waals surface area contributed by atoms with Gasteiger partial charge in [0.05, 0.1) is 6.04 Å². The molecular formula is C15H18N4O2. The first kappa shape index (κ1) is 13.7. The molecular weight excluding hydrogens is 268 g/mol. The van der Waals surface area contributed by atoms with Crippen LogP contribution < -0.4 is 0 Å². The molecule has 6 nitrogen and oxygen atoms in total. The summed E-state index contributed by atoms with van der Waals surface area (Å²) in [6, 6.07) is 3.99. The van der Waals surface area contributed by atoms with Crippen LogP contribution in [0.5, 0.6) is 0 Å². The van der Waals surface area contributed by atoms with Crippen molar-refractivity contribution >= 4 is 17.5 Å². The number of hydrogen-bond acceptors (Lipinski definition) is 4. The van der Waals surface area contributed by atoms with Crippen molar-refractivity contribution in [3.05, 3.63) is 30.1 Å². The second-order valence-corrected chi connectivity index (χ2v) is 5.40. The predicted octanol–water partition coefficient (Wildman–Crippen LogP) is 1.35. The molecule has 110 valence electrons. The third-order valence-electron chi connectivity index (χ3n) is 4.06. The van der Waals surface area contributed by atoms with E-state index in [4.69, 9.17) is 0 Å². The Bertz CT molecular complexity index is 585. The van der Waals surface area contributed by atoms with Gasteiger partial charge in [-0.25, -0.2) is 5.01 Å². The largest absolute Gasteiger partial charge is 0.330 e. The number of hydrazone groups is 1. The average molecular weight is 286 g/mol. The van der Waals surface area contributed by atoms with Crippen LogP contribution in [0.2, 0.25) is 0 Å². The van der Waals surface area contributed by atoms with Crippen LogP contribution in [0.1, 0.15) is 37.3 Å². The molecule has 0 bridgehead atoms. The van der Waals surface area contributed by atoms with Crippen molar-refractivity contribution in [2.24, 2.45) is 5.10 Å². The van der Waals surface area contributed by atoms with Crippen LogP contribution in [0.25, 0.3) is 0 Å². The van der Waals surface area contributed by atoms with Gasteiger partial charge in [-0.3, -0.25) is 14.6 Å². The van der Waals surface area contributed by atoms with Gasteiger partial charge in [-0.05, 0) is 30.5 Å². The fourth-order valence-electron chi connectivity index (χ4n) is 2.93. The zero-order chi connectivity index (χ0) is 14.8. The molecule has 1 aromatic rings. The van der Waals surface area contributed by atoms with Gasteiger partial charge in [-0.15, -0.1) is 0 Å². The second-order valence-electron chi connectivity index (χ2n) is 5.40. The van der Waals surface area contributed by atoms with E-state index in [1.807, 2.05) is 17.0 Å². The van der Waals surface area contributed by atoms with Crippen molar-refractivity contribution in [3.63, 3.8) is 0 Å². The van der Waals surface area contributed by atoms with Gasteiger partial charge in [-0.1, -0.05) is 0 Å². The molecule has 1 atom stereocenters. The minimum absolute atomic E-state index is 0.0429. The summed E-state index contributed by atoms with van der Waals surface area (Å²) in [6.07, 6.45) is 6.23. The summed E-state index contributed by atoms with van der Waals surface area (Å²) in [5.41, 5.74) is 1.59. The molecule has 0 unspecified atom stereocenters. The maximum atomic E-state index is 12.7. The number of rotatable bonds is 2. The van der Waals surface area contributed by atoms with Gasteiger partial charge in [0.2, 0.25) is 5.91 Å². The lowest BCUT2D eigenvalue weighted by Crippen LogP contribution is -2.40. The number of hydrogen-bond donors (Lipinski definition) is 0. The van der Waals surface area contributed by atoms with Gasteiger partial charge < -0.3 is 4.90 Å². The highest BCUT2D eigenvalue weighted by Crippen LogP contribution is 2.32. The van der Waals surface area contributed by atoms with E-state index in [0.717, 1.165) is 24.9 Å².